The second kappa shape index (κ2) is 8.63. The highest BCUT2D eigenvalue weighted by Crippen LogP contribution is 2.20. The molecule has 0 bridgehead atoms. The standard InChI is InChI=1S/C20H20Cl2N2O3/c1-14(27-16-8-6-15(21)7-9-16)19(25)23-10-12-24(13-11-23)20(26)17-4-2-3-5-18(17)22/h2-9,14H,10-13H2,1H3. The number of rotatable bonds is 4. The minimum Gasteiger partial charge on any atom is -0.481 e. The van der Waals surface area contributed by atoms with Crippen molar-refractivity contribution in [1.82, 2.24) is 9.80 Å². The molecular weight excluding hydrogens is 387 g/mol. The van der Waals surface area contributed by atoms with Gasteiger partial charge in [0.15, 0.2) is 6.10 Å². The maximum atomic E-state index is 12.6. The Morgan fingerprint density at radius 3 is 2.15 bits per heavy atom. The lowest BCUT2D eigenvalue weighted by atomic mass is 10.1. The Morgan fingerprint density at radius 1 is 0.926 bits per heavy atom. The number of carbonyl (C=O) groups excluding carboxylic acids is 2. The average Bonchev–Trinajstić information content (AvgIpc) is 2.69. The molecule has 7 heteroatoms. The summed E-state index contributed by atoms with van der Waals surface area (Å²) in [5, 5.41) is 1.05. The van der Waals surface area contributed by atoms with E-state index in [-0.39, 0.29) is 11.8 Å². The Kier molecular flexibility index (Phi) is 6.24. The van der Waals surface area contributed by atoms with Crippen LogP contribution < -0.4 is 4.74 Å². The van der Waals surface area contributed by atoms with Gasteiger partial charge < -0.3 is 14.5 Å². The van der Waals surface area contributed by atoms with Gasteiger partial charge in [-0.25, -0.2) is 0 Å². The highest BCUT2D eigenvalue weighted by molar-refractivity contribution is 6.33. The van der Waals surface area contributed by atoms with Gasteiger partial charge in [0, 0.05) is 31.2 Å². The Balaban J connectivity index is 1.55. The van der Waals surface area contributed by atoms with Gasteiger partial charge in [-0.15, -0.1) is 0 Å². The van der Waals surface area contributed by atoms with Crippen LogP contribution in [0.2, 0.25) is 10.0 Å². The lowest BCUT2D eigenvalue weighted by Crippen LogP contribution is -2.53. The van der Waals surface area contributed by atoms with E-state index in [9.17, 15) is 9.59 Å². The van der Waals surface area contributed by atoms with E-state index >= 15 is 0 Å². The number of hydrogen-bond donors (Lipinski definition) is 0. The summed E-state index contributed by atoms with van der Waals surface area (Å²) in [6.45, 7) is 3.57. The first-order valence-corrected chi connectivity index (χ1v) is 9.46. The third-order valence-corrected chi connectivity index (χ3v) is 5.04. The van der Waals surface area contributed by atoms with E-state index in [1.54, 1.807) is 65.3 Å². The topological polar surface area (TPSA) is 49.9 Å². The first-order valence-electron chi connectivity index (χ1n) is 8.70. The van der Waals surface area contributed by atoms with Crippen molar-refractivity contribution in [2.75, 3.05) is 26.2 Å². The molecule has 142 valence electrons. The van der Waals surface area contributed by atoms with Crippen molar-refractivity contribution in [3.8, 4) is 5.75 Å². The van der Waals surface area contributed by atoms with Gasteiger partial charge in [-0.2, -0.15) is 0 Å². The van der Waals surface area contributed by atoms with E-state index in [1.807, 2.05) is 0 Å². The van der Waals surface area contributed by atoms with Gasteiger partial charge in [-0.3, -0.25) is 9.59 Å². The zero-order valence-electron chi connectivity index (χ0n) is 14.9. The zero-order chi connectivity index (χ0) is 19.4. The molecule has 0 radical (unpaired) electrons. The molecule has 1 heterocycles. The van der Waals surface area contributed by atoms with Crippen LogP contribution in [-0.4, -0.2) is 53.9 Å². The van der Waals surface area contributed by atoms with E-state index in [2.05, 4.69) is 0 Å². The van der Waals surface area contributed by atoms with E-state index in [1.165, 1.54) is 0 Å². The van der Waals surface area contributed by atoms with Crippen LogP contribution in [0.4, 0.5) is 0 Å². The van der Waals surface area contributed by atoms with Crippen molar-refractivity contribution in [1.29, 1.82) is 0 Å². The molecule has 0 spiro atoms. The number of piperazine rings is 1. The number of nitrogens with zero attached hydrogens (tertiary/aromatic N) is 2. The number of hydrogen-bond acceptors (Lipinski definition) is 3. The summed E-state index contributed by atoms with van der Waals surface area (Å²) < 4.78 is 5.70. The average molecular weight is 407 g/mol. The summed E-state index contributed by atoms with van der Waals surface area (Å²) in [6.07, 6.45) is -0.614. The van der Waals surface area contributed by atoms with Crippen molar-refractivity contribution in [2.24, 2.45) is 0 Å². The second-order valence-electron chi connectivity index (χ2n) is 6.31. The van der Waals surface area contributed by atoms with Crippen LogP contribution in [0.25, 0.3) is 0 Å². The maximum absolute atomic E-state index is 12.6. The Hall–Kier alpha value is -2.24. The highest BCUT2D eigenvalue weighted by atomic mass is 35.5. The lowest BCUT2D eigenvalue weighted by Gasteiger charge is -2.36. The first-order chi connectivity index (χ1) is 13.0. The maximum Gasteiger partial charge on any atom is 0.263 e. The summed E-state index contributed by atoms with van der Waals surface area (Å²) in [5.74, 6) is 0.376. The van der Waals surface area contributed by atoms with Gasteiger partial charge in [0.1, 0.15) is 5.75 Å². The number of carbonyl (C=O) groups is 2. The molecule has 2 aromatic rings. The van der Waals surface area contributed by atoms with Gasteiger partial charge in [0.2, 0.25) is 0 Å². The molecule has 1 aliphatic rings. The van der Waals surface area contributed by atoms with Gasteiger partial charge in [0.25, 0.3) is 11.8 Å². The normalized spacial score (nSPS) is 15.4. The van der Waals surface area contributed by atoms with Crippen LogP contribution in [0.5, 0.6) is 5.75 Å². The molecule has 5 nitrogen and oxygen atoms in total. The second-order valence-corrected chi connectivity index (χ2v) is 7.15. The molecule has 1 fully saturated rings. The van der Waals surface area contributed by atoms with E-state index in [4.69, 9.17) is 27.9 Å². The highest BCUT2D eigenvalue weighted by Gasteiger charge is 2.28. The number of halogens is 2. The van der Waals surface area contributed by atoms with Crippen molar-refractivity contribution in [2.45, 2.75) is 13.0 Å². The van der Waals surface area contributed by atoms with E-state index in [0.717, 1.165) is 0 Å². The number of amides is 2. The van der Waals surface area contributed by atoms with Gasteiger partial charge in [-0.05, 0) is 43.3 Å². The predicted octanol–water partition coefficient (Wildman–Crippen LogP) is 3.75. The van der Waals surface area contributed by atoms with Crippen LogP contribution in [0.15, 0.2) is 48.5 Å². The van der Waals surface area contributed by atoms with Crippen LogP contribution in [0.1, 0.15) is 17.3 Å². The lowest BCUT2D eigenvalue weighted by molar-refractivity contribution is -0.139. The zero-order valence-corrected chi connectivity index (χ0v) is 16.4. The molecule has 3 rings (SSSR count). The summed E-state index contributed by atoms with van der Waals surface area (Å²) >= 11 is 12.0. The minimum atomic E-state index is -0.614. The smallest absolute Gasteiger partial charge is 0.263 e. The van der Waals surface area contributed by atoms with Crippen LogP contribution >= 0.6 is 23.2 Å². The molecule has 1 atom stereocenters. The Labute approximate surface area is 168 Å². The van der Waals surface area contributed by atoms with E-state index in [0.29, 0.717) is 47.5 Å². The van der Waals surface area contributed by atoms with E-state index < -0.39 is 6.10 Å². The third kappa shape index (κ3) is 4.73. The number of benzene rings is 2. The predicted molar refractivity (Wildman–Crippen MR) is 105 cm³/mol. The molecule has 1 unspecified atom stereocenters. The molecular formula is C20H20Cl2N2O3. The van der Waals surface area contributed by atoms with Crippen molar-refractivity contribution in [3.63, 3.8) is 0 Å². The minimum absolute atomic E-state index is 0.102. The molecule has 0 aromatic heterocycles. The fraction of sp³-hybridized carbons (Fsp3) is 0.300. The Bertz CT molecular complexity index is 818. The Morgan fingerprint density at radius 2 is 1.52 bits per heavy atom. The molecule has 1 aliphatic heterocycles. The molecule has 0 aliphatic carbocycles. The fourth-order valence-electron chi connectivity index (χ4n) is 2.96. The summed E-state index contributed by atoms with van der Waals surface area (Å²) in [6, 6.07) is 13.9. The van der Waals surface area contributed by atoms with Gasteiger partial charge in [0.05, 0.1) is 10.6 Å². The molecule has 2 amide bonds. The third-order valence-electron chi connectivity index (χ3n) is 4.46. The molecule has 1 saturated heterocycles. The van der Waals surface area contributed by atoms with Crippen LogP contribution in [-0.2, 0) is 4.79 Å². The SMILES string of the molecule is CC(Oc1ccc(Cl)cc1)C(=O)N1CCN(C(=O)c2ccccc2Cl)CC1. The fourth-order valence-corrected chi connectivity index (χ4v) is 3.30. The van der Waals surface area contributed by atoms with Gasteiger partial charge >= 0.3 is 0 Å². The monoisotopic (exact) mass is 406 g/mol. The van der Waals surface area contributed by atoms with Crippen LogP contribution in [0.3, 0.4) is 0 Å². The van der Waals surface area contributed by atoms with Crippen LogP contribution in [0, 0.1) is 0 Å². The molecule has 2 aromatic carbocycles. The summed E-state index contributed by atoms with van der Waals surface area (Å²) in [4.78, 5) is 28.7. The number of ether oxygens (including phenoxy) is 1. The summed E-state index contributed by atoms with van der Waals surface area (Å²) in [7, 11) is 0. The molecule has 0 saturated carbocycles. The summed E-state index contributed by atoms with van der Waals surface area (Å²) in [5.41, 5.74) is 0.485. The van der Waals surface area contributed by atoms with Crippen molar-refractivity contribution < 1.29 is 14.3 Å². The first kappa shape index (κ1) is 19.5. The van der Waals surface area contributed by atoms with Crippen molar-refractivity contribution >= 4 is 35.0 Å². The molecule has 27 heavy (non-hydrogen) atoms. The molecule has 0 N–H and O–H groups in total. The quantitative estimate of drug-likeness (QED) is 0.776. The largest absolute Gasteiger partial charge is 0.481 e. The van der Waals surface area contributed by atoms with Gasteiger partial charge in [-0.1, -0.05) is 35.3 Å². The van der Waals surface area contributed by atoms with Crippen molar-refractivity contribution in [3.05, 3.63) is 64.1 Å².